The van der Waals surface area contributed by atoms with Gasteiger partial charge < -0.3 is 10.4 Å². The van der Waals surface area contributed by atoms with Crippen LogP contribution in [0.4, 0.5) is 0 Å². The maximum absolute atomic E-state index is 9.55. The summed E-state index contributed by atoms with van der Waals surface area (Å²) in [5.41, 5.74) is 0. The first-order valence-electron chi connectivity index (χ1n) is 6.24. The molecule has 88 valence electrons. The van der Waals surface area contributed by atoms with Gasteiger partial charge in [0, 0.05) is 6.04 Å². The molecule has 2 heteroatoms. The van der Waals surface area contributed by atoms with Crippen molar-refractivity contribution >= 4 is 0 Å². The Balaban J connectivity index is 2.10. The van der Waals surface area contributed by atoms with Gasteiger partial charge in [0.25, 0.3) is 0 Å². The Labute approximate surface area is 93.8 Å². The molecule has 3 unspecified atom stereocenters. The van der Waals surface area contributed by atoms with Gasteiger partial charge in [0.15, 0.2) is 0 Å². The van der Waals surface area contributed by atoms with Crippen molar-refractivity contribution in [3.8, 4) is 0 Å². The standard InChI is InChI=1S/C13H25NO/c1-3-4-6-11(2)14-10-12-7-5-8-13(15)9-12/h3,11-15H,1,4-10H2,2H3. The molecule has 0 saturated heterocycles. The smallest absolute Gasteiger partial charge is 0.0543 e. The normalized spacial score (nSPS) is 28.7. The second-order valence-corrected chi connectivity index (χ2v) is 4.86. The van der Waals surface area contributed by atoms with E-state index >= 15 is 0 Å². The van der Waals surface area contributed by atoms with Crippen LogP contribution in [0.25, 0.3) is 0 Å². The lowest BCUT2D eigenvalue weighted by Crippen LogP contribution is -2.34. The molecule has 1 saturated carbocycles. The fourth-order valence-corrected chi connectivity index (χ4v) is 2.29. The summed E-state index contributed by atoms with van der Waals surface area (Å²) >= 11 is 0. The van der Waals surface area contributed by atoms with Gasteiger partial charge in [0.1, 0.15) is 0 Å². The van der Waals surface area contributed by atoms with E-state index in [2.05, 4.69) is 18.8 Å². The Kier molecular flexibility index (Phi) is 5.96. The molecule has 0 heterocycles. The van der Waals surface area contributed by atoms with Crippen molar-refractivity contribution in [1.82, 2.24) is 5.32 Å². The number of aliphatic hydroxyl groups is 1. The van der Waals surface area contributed by atoms with E-state index in [1.807, 2.05) is 6.08 Å². The summed E-state index contributed by atoms with van der Waals surface area (Å²) in [6.07, 6.45) is 8.63. The molecule has 0 aromatic heterocycles. The Morgan fingerprint density at radius 3 is 3.00 bits per heavy atom. The fourth-order valence-electron chi connectivity index (χ4n) is 2.29. The Bertz CT molecular complexity index is 181. The van der Waals surface area contributed by atoms with Crippen molar-refractivity contribution in [2.45, 2.75) is 57.6 Å². The van der Waals surface area contributed by atoms with Crippen molar-refractivity contribution in [3.63, 3.8) is 0 Å². The minimum atomic E-state index is -0.0472. The van der Waals surface area contributed by atoms with Crippen LogP contribution in [0.1, 0.15) is 45.4 Å². The molecule has 1 aliphatic carbocycles. The summed E-state index contributed by atoms with van der Waals surface area (Å²) < 4.78 is 0. The highest BCUT2D eigenvalue weighted by Crippen LogP contribution is 2.23. The largest absolute Gasteiger partial charge is 0.393 e. The molecule has 0 spiro atoms. The number of allylic oxidation sites excluding steroid dienone is 1. The first-order valence-corrected chi connectivity index (χ1v) is 6.24. The second-order valence-electron chi connectivity index (χ2n) is 4.86. The van der Waals surface area contributed by atoms with Crippen LogP contribution in [0.3, 0.4) is 0 Å². The zero-order valence-corrected chi connectivity index (χ0v) is 9.91. The first kappa shape index (κ1) is 12.7. The monoisotopic (exact) mass is 211 g/mol. The topological polar surface area (TPSA) is 32.3 Å². The molecular formula is C13H25NO. The highest BCUT2D eigenvalue weighted by atomic mass is 16.3. The van der Waals surface area contributed by atoms with Gasteiger partial charge in [-0.3, -0.25) is 0 Å². The molecule has 2 nitrogen and oxygen atoms in total. The zero-order chi connectivity index (χ0) is 11.1. The Hall–Kier alpha value is -0.340. The molecule has 15 heavy (non-hydrogen) atoms. The van der Waals surface area contributed by atoms with Crippen molar-refractivity contribution in [2.75, 3.05) is 6.54 Å². The van der Waals surface area contributed by atoms with Crippen LogP contribution in [0.5, 0.6) is 0 Å². The predicted molar refractivity (Wildman–Crippen MR) is 64.9 cm³/mol. The summed E-state index contributed by atoms with van der Waals surface area (Å²) in [6, 6.07) is 0.571. The second kappa shape index (κ2) is 7.02. The van der Waals surface area contributed by atoms with Crippen molar-refractivity contribution < 1.29 is 5.11 Å². The Morgan fingerprint density at radius 1 is 1.53 bits per heavy atom. The SMILES string of the molecule is C=CCCC(C)NCC1CCCC(O)C1. The lowest BCUT2D eigenvalue weighted by Gasteiger charge is -2.27. The molecule has 0 radical (unpaired) electrons. The maximum Gasteiger partial charge on any atom is 0.0543 e. The van der Waals surface area contributed by atoms with E-state index in [4.69, 9.17) is 0 Å². The lowest BCUT2D eigenvalue weighted by molar-refractivity contribution is 0.0997. The molecule has 0 amide bonds. The first-order chi connectivity index (χ1) is 7.22. The summed E-state index contributed by atoms with van der Waals surface area (Å²) in [5, 5.41) is 13.1. The van der Waals surface area contributed by atoms with E-state index in [1.54, 1.807) is 0 Å². The molecule has 3 atom stereocenters. The lowest BCUT2D eigenvalue weighted by atomic mass is 9.87. The molecule has 1 fully saturated rings. The minimum absolute atomic E-state index is 0.0472. The summed E-state index contributed by atoms with van der Waals surface area (Å²) in [7, 11) is 0. The molecule has 1 rings (SSSR count). The number of hydrogen-bond acceptors (Lipinski definition) is 2. The zero-order valence-electron chi connectivity index (χ0n) is 9.91. The summed E-state index contributed by atoms with van der Waals surface area (Å²) in [6.45, 7) is 7.02. The Morgan fingerprint density at radius 2 is 2.33 bits per heavy atom. The fraction of sp³-hybridized carbons (Fsp3) is 0.846. The summed E-state index contributed by atoms with van der Waals surface area (Å²) in [5.74, 6) is 0.680. The van der Waals surface area contributed by atoms with Crippen LogP contribution in [0.15, 0.2) is 12.7 Å². The third-order valence-corrected chi connectivity index (χ3v) is 3.31. The number of rotatable bonds is 6. The maximum atomic E-state index is 9.55. The van der Waals surface area contributed by atoms with Gasteiger partial charge in [-0.1, -0.05) is 12.5 Å². The van der Waals surface area contributed by atoms with E-state index in [9.17, 15) is 5.11 Å². The molecule has 0 aliphatic heterocycles. The number of aliphatic hydroxyl groups excluding tert-OH is 1. The van der Waals surface area contributed by atoms with Gasteiger partial charge in [0.2, 0.25) is 0 Å². The quantitative estimate of drug-likeness (QED) is 0.662. The predicted octanol–water partition coefficient (Wildman–Crippen LogP) is 2.48. The third kappa shape index (κ3) is 5.33. The van der Waals surface area contributed by atoms with Gasteiger partial charge >= 0.3 is 0 Å². The highest BCUT2D eigenvalue weighted by Gasteiger charge is 2.19. The average molecular weight is 211 g/mol. The van der Waals surface area contributed by atoms with Crippen molar-refractivity contribution in [3.05, 3.63) is 12.7 Å². The molecule has 0 aromatic rings. The number of nitrogens with one attached hydrogen (secondary N) is 1. The molecule has 0 aromatic carbocycles. The van der Waals surface area contributed by atoms with Crippen LogP contribution in [-0.4, -0.2) is 23.8 Å². The van der Waals surface area contributed by atoms with Crippen LogP contribution < -0.4 is 5.32 Å². The van der Waals surface area contributed by atoms with Crippen LogP contribution in [-0.2, 0) is 0 Å². The van der Waals surface area contributed by atoms with E-state index in [0.29, 0.717) is 12.0 Å². The highest BCUT2D eigenvalue weighted by molar-refractivity contribution is 4.76. The van der Waals surface area contributed by atoms with E-state index in [1.165, 1.54) is 19.3 Å². The van der Waals surface area contributed by atoms with E-state index in [0.717, 1.165) is 25.8 Å². The van der Waals surface area contributed by atoms with E-state index < -0.39 is 0 Å². The van der Waals surface area contributed by atoms with Gasteiger partial charge in [-0.05, 0) is 51.5 Å². The van der Waals surface area contributed by atoms with E-state index in [-0.39, 0.29) is 6.10 Å². The van der Waals surface area contributed by atoms with Gasteiger partial charge in [0.05, 0.1) is 6.10 Å². The summed E-state index contributed by atoms with van der Waals surface area (Å²) in [4.78, 5) is 0. The van der Waals surface area contributed by atoms with Gasteiger partial charge in [-0.15, -0.1) is 6.58 Å². The van der Waals surface area contributed by atoms with Crippen LogP contribution in [0.2, 0.25) is 0 Å². The van der Waals surface area contributed by atoms with Crippen molar-refractivity contribution in [1.29, 1.82) is 0 Å². The molecule has 0 bridgehead atoms. The van der Waals surface area contributed by atoms with Crippen LogP contribution in [0, 0.1) is 5.92 Å². The number of hydrogen-bond donors (Lipinski definition) is 2. The van der Waals surface area contributed by atoms with Gasteiger partial charge in [-0.25, -0.2) is 0 Å². The minimum Gasteiger partial charge on any atom is -0.393 e. The molecule has 1 aliphatic rings. The molecular weight excluding hydrogens is 186 g/mol. The van der Waals surface area contributed by atoms with Crippen LogP contribution >= 0.6 is 0 Å². The third-order valence-electron chi connectivity index (χ3n) is 3.31. The van der Waals surface area contributed by atoms with Crippen molar-refractivity contribution in [2.24, 2.45) is 5.92 Å². The van der Waals surface area contributed by atoms with Gasteiger partial charge in [-0.2, -0.15) is 0 Å². The average Bonchev–Trinajstić information content (AvgIpc) is 2.23. The molecule has 2 N–H and O–H groups in total.